The van der Waals surface area contributed by atoms with E-state index in [0.29, 0.717) is 13.1 Å². The Bertz CT molecular complexity index is 622. The van der Waals surface area contributed by atoms with Gasteiger partial charge in [0.05, 0.1) is 10.5 Å². The maximum absolute atomic E-state index is 12.7. The van der Waals surface area contributed by atoms with Crippen LogP contribution in [0.2, 0.25) is 0 Å². The number of nitrogens with zero attached hydrogens (tertiary/aromatic N) is 1. The molecule has 0 radical (unpaired) electrons. The first kappa shape index (κ1) is 15.0. The number of hydrogen-bond donors (Lipinski definition) is 1. The summed E-state index contributed by atoms with van der Waals surface area (Å²) in [6.07, 6.45) is 1.76. The summed E-state index contributed by atoms with van der Waals surface area (Å²) in [5.74, 6) is -1.22. The number of piperidine rings is 1. The molecule has 110 valence electrons. The molecule has 1 aromatic rings. The zero-order valence-electron chi connectivity index (χ0n) is 11.7. The van der Waals surface area contributed by atoms with Crippen LogP contribution >= 0.6 is 0 Å². The second-order valence-electron chi connectivity index (χ2n) is 5.91. The summed E-state index contributed by atoms with van der Waals surface area (Å²) in [5, 5.41) is 9.15. The maximum Gasteiger partial charge on any atom is 0.337 e. The van der Waals surface area contributed by atoms with Crippen molar-refractivity contribution in [3.8, 4) is 0 Å². The molecule has 1 aliphatic heterocycles. The lowest BCUT2D eigenvalue weighted by Crippen LogP contribution is -2.43. The zero-order valence-corrected chi connectivity index (χ0v) is 12.5. The van der Waals surface area contributed by atoms with Gasteiger partial charge in [-0.3, -0.25) is 0 Å². The molecule has 0 atom stereocenters. The molecular weight excluding hydrogens is 278 g/mol. The molecule has 1 aliphatic rings. The van der Waals surface area contributed by atoms with Gasteiger partial charge in [-0.05, 0) is 30.4 Å². The number of carboxylic acids is 1. The molecule has 0 aliphatic carbocycles. The van der Waals surface area contributed by atoms with Crippen molar-refractivity contribution in [1.82, 2.24) is 4.31 Å². The smallest absolute Gasteiger partial charge is 0.337 e. The van der Waals surface area contributed by atoms with E-state index < -0.39 is 16.0 Å². The number of benzene rings is 1. The van der Waals surface area contributed by atoms with Gasteiger partial charge in [0.25, 0.3) is 0 Å². The van der Waals surface area contributed by atoms with E-state index in [4.69, 9.17) is 5.11 Å². The van der Waals surface area contributed by atoms with Crippen LogP contribution in [0.1, 0.15) is 37.0 Å². The van der Waals surface area contributed by atoms with Crippen LogP contribution in [-0.4, -0.2) is 36.9 Å². The Morgan fingerprint density at radius 2 is 1.95 bits per heavy atom. The lowest BCUT2D eigenvalue weighted by Gasteiger charge is -2.37. The van der Waals surface area contributed by atoms with Crippen LogP contribution in [0.4, 0.5) is 0 Å². The molecule has 1 aromatic carbocycles. The number of carboxylic acid groups (broad SMARTS) is 1. The molecule has 2 rings (SSSR count). The van der Waals surface area contributed by atoms with Gasteiger partial charge in [0, 0.05) is 13.1 Å². The summed E-state index contributed by atoms with van der Waals surface area (Å²) in [4.78, 5) is 11.1. The third kappa shape index (κ3) is 2.86. The average Bonchev–Trinajstić information content (AvgIpc) is 2.37. The first-order valence-corrected chi connectivity index (χ1v) is 8.00. The fourth-order valence-corrected chi connectivity index (χ4v) is 4.43. The highest BCUT2D eigenvalue weighted by molar-refractivity contribution is 7.89. The summed E-state index contributed by atoms with van der Waals surface area (Å²) < 4.78 is 26.7. The Labute approximate surface area is 119 Å². The lowest BCUT2D eigenvalue weighted by atomic mass is 9.85. The maximum atomic E-state index is 12.7. The molecular formula is C14H19NO4S. The van der Waals surface area contributed by atoms with E-state index in [9.17, 15) is 13.2 Å². The highest BCUT2D eigenvalue weighted by Gasteiger charge is 2.35. The van der Waals surface area contributed by atoms with E-state index in [2.05, 4.69) is 0 Å². The van der Waals surface area contributed by atoms with Gasteiger partial charge in [-0.2, -0.15) is 4.31 Å². The minimum atomic E-state index is -3.76. The summed E-state index contributed by atoms with van der Waals surface area (Å²) in [7, 11) is -3.76. The SMILES string of the molecule is CC1(C)CCCN(S(=O)(=O)c2ccccc2C(=O)O)C1. The van der Waals surface area contributed by atoms with Gasteiger partial charge < -0.3 is 5.11 Å². The third-order valence-corrected chi connectivity index (χ3v) is 5.50. The number of rotatable bonds is 3. The Kier molecular flexibility index (Phi) is 3.88. The first-order chi connectivity index (χ1) is 9.24. The Balaban J connectivity index is 2.43. The lowest BCUT2D eigenvalue weighted by molar-refractivity contribution is 0.0692. The Morgan fingerprint density at radius 1 is 1.30 bits per heavy atom. The van der Waals surface area contributed by atoms with E-state index >= 15 is 0 Å². The Hall–Kier alpha value is -1.40. The average molecular weight is 297 g/mol. The van der Waals surface area contributed by atoms with Crippen molar-refractivity contribution in [2.75, 3.05) is 13.1 Å². The normalized spacial score (nSPS) is 19.7. The number of carbonyl (C=O) groups is 1. The molecule has 0 bridgehead atoms. The van der Waals surface area contributed by atoms with Crippen molar-refractivity contribution in [2.45, 2.75) is 31.6 Å². The molecule has 1 fully saturated rings. The largest absolute Gasteiger partial charge is 0.478 e. The Morgan fingerprint density at radius 3 is 2.55 bits per heavy atom. The minimum Gasteiger partial charge on any atom is -0.478 e. The molecule has 0 aromatic heterocycles. The molecule has 0 spiro atoms. The summed E-state index contributed by atoms with van der Waals surface area (Å²) in [5.41, 5.74) is -0.250. The molecule has 1 saturated heterocycles. The minimum absolute atomic E-state index is 0.0799. The van der Waals surface area contributed by atoms with Gasteiger partial charge in [0.1, 0.15) is 0 Å². The molecule has 0 saturated carbocycles. The van der Waals surface area contributed by atoms with Gasteiger partial charge >= 0.3 is 5.97 Å². The van der Waals surface area contributed by atoms with Gasteiger partial charge in [-0.1, -0.05) is 26.0 Å². The molecule has 6 heteroatoms. The van der Waals surface area contributed by atoms with Crippen LogP contribution < -0.4 is 0 Å². The van der Waals surface area contributed by atoms with Crippen LogP contribution in [-0.2, 0) is 10.0 Å². The van der Waals surface area contributed by atoms with Crippen molar-refractivity contribution >= 4 is 16.0 Å². The van der Waals surface area contributed by atoms with Crippen LogP contribution in [0, 0.1) is 5.41 Å². The molecule has 1 N–H and O–H groups in total. The van der Waals surface area contributed by atoms with Crippen molar-refractivity contribution in [1.29, 1.82) is 0 Å². The van der Waals surface area contributed by atoms with Crippen LogP contribution in [0.15, 0.2) is 29.2 Å². The van der Waals surface area contributed by atoms with E-state index in [0.717, 1.165) is 12.8 Å². The van der Waals surface area contributed by atoms with E-state index in [-0.39, 0.29) is 15.9 Å². The fourth-order valence-electron chi connectivity index (χ4n) is 2.58. The highest BCUT2D eigenvalue weighted by Crippen LogP contribution is 2.32. The highest BCUT2D eigenvalue weighted by atomic mass is 32.2. The first-order valence-electron chi connectivity index (χ1n) is 6.56. The standard InChI is InChI=1S/C14H19NO4S/c1-14(2)8-5-9-15(10-14)20(18,19)12-7-4-3-6-11(12)13(16)17/h3-4,6-7H,5,8-10H2,1-2H3,(H,16,17). The van der Waals surface area contributed by atoms with Crippen molar-refractivity contribution in [3.05, 3.63) is 29.8 Å². The molecule has 0 unspecified atom stereocenters. The molecule has 5 nitrogen and oxygen atoms in total. The third-order valence-electron chi connectivity index (χ3n) is 3.60. The molecule has 20 heavy (non-hydrogen) atoms. The monoisotopic (exact) mass is 297 g/mol. The fraction of sp³-hybridized carbons (Fsp3) is 0.500. The number of hydrogen-bond acceptors (Lipinski definition) is 3. The second kappa shape index (κ2) is 5.18. The van der Waals surface area contributed by atoms with Crippen molar-refractivity contribution in [2.24, 2.45) is 5.41 Å². The quantitative estimate of drug-likeness (QED) is 0.928. The van der Waals surface area contributed by atoms with Gasteiger partial charge in [0.2, 0.25) is 10.0 Å². The summed E-state index contributed by atoms with van der Waals surface area (Å²) in [6, 6.07) is 5.77. The number of aromatic carboxylic acids is 1. The van der Waals surface area contributed by atoms with Crippen LogP contribution in [0.25, 0.3) is 0 Å². The predicted molar refractivity (Wildman–Crippen MR) is 75.2 cm³/mol. The van der Waals surface area contributed by atoms with Crippen LogP contribution in [0.5, 0.6) is 0 Å². The van der Waals surface area contributed by atoms with E-state index in [1.165, 1.54) is 22.5 Å². The zero-order chi connectivity index (χ0) is 15.0. The van der Waals surface area contributed by atoms with Gasteiger partial charge in [-0.25, -0.2) is 13.2 Å². The van der Waals surface area contributed by atoms with Crippen molar-refractivity contribution in [3.63, 3.8) is 0 Å². The van der Waals surface area contributed by atoms with Crippen molar-refractivity contribution < 1.29 is 18.3 Å². The van der Waals surface area contributed by atoms with E-state index in [1.54, 1.807) is 6.07 Å². The second-order valence-corrected chi connectivity index (χ2v) is 7.81. The topological polar surface area (TPSA) is 74.7 Å². The summed E-state index contributed by atoms with van der Waals surface area (Å²) in [6.45, 7) is 4.92. The van der Waals surface area contributed by atoms with Gasteiger partial charge in [0.15, 0.2) is 0 Å². The molecule has 1 heterocycles. The van der Waals surface area contributed by atoms with Crippen LogP contribution in [0.3, 0.4) is 0 Å². The predicted octanol–water partition coefficient (Wildman–Crippen LogP) is 2.20. The number of sulfonamides is 1. The van der Waals surface area contributed by atoms with Gasteiger partial charge in [-0.15, -0.1) is 0 Å². The summed E-state index contributed by atoms with van der Waals surface area (Å²) >= 11 is 0. The van der Waals surface area contributed by atoms with E-state index in [1.807, 2.05) is 13.8 Å². The molecule has 0 amide bonds.